The molecule has 1 fully saturated rings. The third-order valence-electron chi connectivity index (χ3n) is 3.31. The Labute approximate surface area is 148 Å². The van der Waals surface area contributed by atoms with E-state index >= 15 is 0 Å². The molecule has 2 unspecified atom stereocenters. The van der Waals surface area contributed by atoms with Crippen LogP contribution in [-0.2, 0) is 23.3 Å². The molecule has 1 amide bonds. The zero-order chi connectivity index (χ0) is 19.7. The minimum absolute atomic E-state index is 0.0365. The fourth-order valence-corrected chi connectivity index (χ4v) is 2.55. The van der Waals surface area contributed by atoms with Crippen LogP contribution in [0.25, 0.3) is 0 Å². The van der Waals surface area contributed by atoms with Gasteiger partial charge >= 0.3 is 13.9 Å². The highest BCUT2D eigenvalue weighted by molar-refractivity contribution is 7.46. The van der Waals surface area contributed by atoms with Gasteiger partial charge in [-0.3, -0.25) is 4.52 Å². The smallest absolute Gasteiger partial charge is 0.447 e. The second-order valence-corrected chi connectivity index (χ2v) is 6.49. The third-order valence-corrected chi connectivity index (χ3v) is 3.80. The molecule has 1 rings (SSSR count). The molecule has 0 aliphatic carbocycles. The molecule has 5 atom stereocenters. The lowest BCUT2D eigenvalue weighted by molar-refractivity contribution is -0.247. The number of amides is 1. The largest absolute Gasteiger partial charge is 0.472 e. The van der Waals surface area contributed by atoms with Gasteiger partial charge in [0, 0.05) is 13.2 Å². The van der Waals surface area contributed by atoms with E-state index in [1.54, 1.807) is 0 Å². The summed E-state index contributed by atoms with van der Waals surface area (Å²) in [7, 11) is -5.07. The molecule has 1 aliphatic rings. The first kappa shape index (κ1) is 23.2. The first-order valence-corrected chi connectivity index (χ1v) is 9.21. The van der Waals surface area contributed by atoms with Crippen molar-refractivity contribution >= 4 is 13.9 Å². The summed E-state index contributed by atoms with van der Waals surface area (Å²) < 4.78 is 30.1. The van der Waals surface area contributed by atoms with Gasteiger partial charge in [0.25, 0.3) is 0 Å². The van der Waals surface area contributed by atoms with E-state index in [0.717, 1.165) is 0 Å². The van der Waals surface area contributed by atoms with E-state index in [1.807, 2.05) is 0 Å². The van der Waals surface area contributed by atoms with Gasteiger partial charge < -0.3 is 49.7 Å². The Balaban J connectivity index is 2.60. The molecular weight excluding hydrogens is 381 g/mol. The van der Waals surface area contributed by atoms with Crippen molar-refractivity contribution in [3.05, 3.63) is 0 Å². The number of hydrogen-bond donors (Lipinski definition) is 7. The molecule has 0 saturated carbocycles. The minimum atomic E-state index is -5.07. The Morgan fingerprint density at radius 2 is 1.81 bits per heavy atom. The van der Waals surface area contributed by atoms with Gasteiger partial charge in [0.15, 0.2) is 6.29 Å². The van der Waals surface area contributed by atoms with Gasteiger partial charge in [-0.05, 0) is 6.42 Å². The third kappa shape index (κ3) is 7.80. The Kier molecular flexibility index (Phi) is 9.89. The van der Waals surface area contributed by atoms with Crippen LogP contribution in [0.3, 0.4) is 0 Å². The van der Waals surface area contributed by atoms with Gasteiger partial charge in [0.2, 0.25) is 0 Å². The van der Waals surface area contributed by atoms with Crippen molar-refractivity contribution in [2.75, 3.05) is 33.0 Å². The van der Waals surface area contributed by atoms with Crippen LogP contribution in [-0.4, -0.2) is 100.0 Å². The summed E-state index contributed by atoms with van der Waals surface area (Å²) >= 11 is 0. The molecule has 0 aromatic heterocycles. The van der Waals surface area contributed by atoms with Crippen LogP contribution in [0.15, 0.2) is 0 Å². The molecule has 1 heterocycles. The standard InChI is InChI=1S/C12H24NO12P/c14-2-1-3-22-4-5-23-12(18)13-8-10(17)9(16)7(6-15)24-11(8)25-26(19,20)21/h7-11,14-17H,1-6H2,(H,13,18)(H2,19,20,21)/t7?,8?,9-,10+,11+/m0/s1. The fourth-order valence-electron chi connectivity index (χ4n) is 2.10. The van der Waals surface area contributed by atoms with Crippen molar-refractivity contribution in [1.29, 1.82) is 0 Å². The van der Waals surface area contributed by atoms with E-state index < -0.39 is 51.2 Å². The number of hydrogen-bond acceptors (Lipinski definition) is 10. The SMILES string of the molecule is O=C(NC1[C@@H](OP(=O)(O)O)OC(CO)[C@H](O)[C@@H]1O)OCCOCCCO. The number of phosphoric acid groups is 1. The van der Waals surface area contributed by atoms with E-state index in [1.165, 1.54) is 0 Å². The molecule has 1 saturated heterocycles. The Bertz CT molecular complexity index is 473. The number of aliphatic hydroxyl groups is 4. The van der Waals surface area contributed by atoms with Gasteiger partial charge in [-0.1, -0.05) is 0 Å². The summed E-state index contributed by atoms with van der Waals surface area (Å²) in [6.07, 6.45) is -7.30. The molecule has 14 heteroatoms. The average molecular weight is 405 g/mol. The van der Waals surface area contributed by atoms with Gasteiger partial charge in [0.05, 0.1) is 13.2 Å². The summed E-state index contributed by atoms with van der Waals surface area (Å²) in [5.41, 5.74) is 0. The van der Waals surface area contributed by atoms with Crippen molar-refractivity contribution in [1.82, 2.24) is 5.32 Å². The number of rotatable bonds is 10. The van der Waals surface area contributed by atoms with Crippen molar-refractivity contribution in [3.8, 4) is 0 Å². The Morgan fingerprint density at radius 3 is 2.38 bits per heavy atom. The summed E-state index contributed by atoms with van der Waals surface area (Å²) in [5.74, 6) is 0. The maximum Gasteiger partial charge on any atom is 0.472 e. The predicted molar refractivity (Wildman–Crippen MR) is 81.7 cm³/mol. The zero-order valence-corrected chi connectivity index (χ0v) is 14.6. The molecule has 1 aliphatic heterocycles. The van der Waals surface area contributed by atoms with Gasteiger partial charge in [-0.15, -0.1) is 0 Å². The van der Waals surface area contributed by atoms with E-state index in [0.29, 0.717) is 6.42 Å². The van der Waals surface area contributed by atoms with Crippen LogP contribution in [0.2, 0.25) is 0 Å². The number of ether oxygens (including phenoxy) is 3. The van der Waals surface area contributed by atoms with Crippen LogP contribution < -0.4 is 5.32 Å². The first-order chi connectivity index (χ1) is 12.2. The Morgan fingerprint density at radius 1 is 1.12 bits per heavy atom. The number of carbonyl (C=O) groups excluding carboxylic acids is 1. The van der Waals surface area contributed by atoms with Crippen LogP contribution >= 0.6 is 7.82 Å². The summed E-state index contributed by atoms with van der Waals surface area (Å²) in [6.45, 7) is -0.675. The Hall–Kier alpha value is -0.860. The molecule has 13 nitrogen and oxygen atoms in total. The molecule has 0 aromatic rings. The van der Waals surface area contributed by atoms with Crippen LogP contribution in [0.1, 0.15) is 6.42 Å². The highest BCUT2D eigenvalue weighted by Gasteiger charge is 2.47. The lowest BCUT2D eigenvalue weighted by Gasteiger charge is -2.41. The van der Waals surface area contributed by atoms with Gasteiger partial charge in [-0.2, -0.15) is 0 Å². The second kappa shape index (κ2) is 11.1. The molecule has 0 aromatic carbocycles. The maximum absolute atomic E-state index is 11.7. The number of aliphatic hydroxyl groups excluding tert-OH is 4. The highest BCUT2D eigenvalue weighted by atomic mass is 31.2. The quantitative estimate of drug-likeness (QED) is 0.144. The molecular formula is C12H24NO12P. The van der Waals surface area contributed by atoms with Crippen LogP contribution in [0.4, 0.5) is 4.79 Å². The molecule has 26 heavy (non-hydrogen) atoms. The molecule has 0 bridgehead atoms. The molecule has 0 spiro atoms. The fraction of sp³-hybridized carbons (Fsp3) is 0.917. The van der Waals surface area contributed by atoms with Crippen LogP contribution in [0.5, 0.6) is 0 Å². The molecule has 154 valence electrons. The lowest BCUT2D eigenvalue weighted by atomic mass is 9.97. The van der Waals surface area contributed by atoms with Crippen molar-refractivity contribution in [2.45, 2.75) is 37.1 Å². The average Bonchev–Trinajstić information content (AvgIpc) is 2.56. The van der Waals surface area contributed by atoms with Crippen molar-refractivity contribution in [2.24, 2.45) is 0 Å². The molecule has 0 radical (unpaired) electrons. The second-order valence-electron chi connectivity index (χ2n) is 5.30. The van der Waals surface area contributed by atoms with Crippen molar-refractivity contribution in [3.63, 3.8) is 0 Å². The minimum Gasteiger partial charge on any atom is -0.447 e. The summed E-state index contributed by atoms with van der Waals surface area (Å²) in [5, 5.41) is 39.6. The summed E-state index contributed by atoms with van der Waals surface area (Å²) in [6, 6.07) is -1.58. The summed E-state index contributed by atoms with van der Waals surface area (Å²) in [4.78, 5) is 29.5. The number of phosphoric ester groups is 1. The maximum atomic E-state index is 11.7. The van der Waals surface area contributed by atoms with E-state index in [2.05, 4.69) is 9.84 Å². The number of alkyl carbamates (subject to hydrolysis) is 1. The van der Waals surface area contributed by atoms with E-state index in [9.17, 15) is 19.6 Å². The lowest BCUT2D eigenvalue weighted by Crippen LogP contribution is -2.64. The predicted octanol–water partition coefficient (Wildman–Crippen LogP) is -2.97. The van der Waals surface area contributed by atoms with Gasteiger partial charge in [0.1, 0.15) is 31.0 Å². The number of nitrogens with one attached hydrogen (secondary N) is 1. The van der Waals surface area contributed by atoms with Gasteiger partial charge in [-0.25, -0.2) is 9.36 Å². The first-order valence-electron chi connectivity index (χ1n) is 7.68. The van der Waals surface area contributed by atoms with Crippen molar-refractivity contribution < 1.29 is 58.3 Å². The number of carbonyl (C=O) groups is 1. The monoisotopic (exact) mass is 405 g/mol. The highest BCUT2D eigenvalue weighted by Crippen LogP contribution is 2.40. The van der Waals surface area contributed by atoms with E-state index in [4.69, 9.17) is 34.2 Å². The van der Waals surface area contributed by atoms with Crippen LogP contribution in [0, 0.1) is 0 Å². The molecule has 7 N–H and O–H groups in total. The topological polar surface area (TPSA) is 204 Å². The zero-order valence-electron chi connectivity index (χ0n) is 13.7. The van der Waals surface area contributed by atoms with E-state index in [-0.39, 0.29) is 26.4 Å². The normalized spacial score (nSPS) is 29.4.